The van der Waals surface area contributed by atoms with Gasteiger partial charge in [-0.1, -0.05) is 33.1 Å². The molecule has 16 heavy (non-hydrogen) atoms. The SMILES string of the molecule is CCCCC(CC)COC(=O)C1=NCCN1. The Kier molecular flexibility index (Phi) is 5.90. The molecule has 1 unspecified atom stereocenters. The number of unbranched alkanes of at least 4 members (excludes halogenated alkanes) is 1. The van der Waals surface area contributed by atoms with Crippen molar-refractivity contribution in [3.63, 3.8) is 0 Å². The van der Waals surface area contributed by atoms with Crippen molar-refractivity contribution >= 4 is 11.8 Å². The van der Waals surface area contributed by atoms with Crippen molar-refractivity contribution in [1.29, 1.82) is 0 Å². The minimum atomic E-state index is -0.299. The molecule has 0 aliphatic carbocycles. The highest BCUT2D eigenvalue weighted by atomic mass is 16.5. The first-order valence-electron chi connectivity index (χ1n) is 6.23. The Bertz CT molecular complexity index is 251. The molecule has 1 aliphatic heterocycles. The van der Waals surface area contributed by atoms with Crippen molar-refractivity contribution in [3.8, 4) is 0 Å². The molecule has 0 spiro atoms. The first kappa shape index (κ1) is 13.0. The molecule has 1 aliphatic rings. The summed E-state index contributed by atoms with van der Waals surface area (Å²) < 4.78 is 5.24. The van der Waals surface area contributed by atoms with Gasteiger partial charge in [0.1, 0.15) is 0 Å². The van der Waals surface area contributed by atoms with E-state index in [1.807, 2.05) is 0 Å². The summed E-state index contributed by atoms with van der Waals surface area (Å²) in [4.78, 5) is 15.6. The van der Waals surface area contributed by atoms with Gasteiger partial charge in [-0.15, -0.1) is 0 Å². The molecular weight excluding hydrogens is 204 g/mol. The Hall–Kier alpha value is -1.06. The lowest BCUT2D eigenvalue weighted by atomic mass is 10.0. The molecule has 0 aromatic carbocycles. The maximum atomic E-state index is 11.5. The zero-order chi connectivity index (χ0) is 11.8. The molecule has 0 aromatic heterocycles. The Morgan fingerprint density at radius 1 is 1.56 bits per heavy atom. The lowest BCUT2D eigenvalue weighted by Crippen LogP contribution is -2.30. The second kappa shape index (κ2) is 7.25. The maximum Gasteiger partial charge on any atom is 0.373 e. The van der Waals surface area contributed by atoms with Crippen LogP contribution in [0.1, 0.15) is 39.5 Å². The van der Waals surface area contributed by atoms with E-state index in [1.165, 1.54) is 12.8 Å². The van der Waals surface area contributed by atoms with Crippen LogP contribution in [0.15, 0.2) is 4.99 Å². The lowest BCUT2D eigenvalue weighted by molar-refractivity contribution is -0.137. The van der Waals surface area contributed by atoms with Gasteiger partial charge in [0.15, 0.2) is 0 Å². The van der Waals surface area contributed by atoms with Gasteiger partial charge in [0.2, 0.25) is 5.84 Å². The van der Waals surface area contributed by atoms with Crippen LogP contribution in [0.4, 0.5) is 0 Å². The van der Waals surface area contributed by atoms with Crippen molar-refractivity contribution in [1.82, 2.24) is 5.32 Å². The van der Waals surface area contributed by atoms with E-state index >= 15 is 0 Å². The molecule has 0 aromatic rings. The minimum absolute atomic E-state index is 0.299. The first-order valence-corrected chi connectivity index (χ1v) is 6.23. The van der Waals surface area contributed by atoms with E-state index in [0.717, 1.165) is 19.4 Å². The van der Waals surface area contributed by atoms with Gasteiger partial charge in [-0.3, -0.25) is 4.99 Å². The fourth-order valence-corrected chi connectivity index (χ4v) is 1.69. The molecular formula is C12H22N2O2. The molecule has 0 fully saturated rings. The molecule has 1 heterocycles. The average molecular weight is 226 g/mol. The van der Waals surface area contributed by atoms with Crippen molar-refractivity contribution < 1.29 is 9.53 Å². The molecule has 0 saturated heterocycles. The standard InChI is InChI=1S/C12H22N2O2/c1-3-5-6-10(4-2)9-16-12(15)11-13-7-8-14-11/h10H,3-9H2,1-2H3,(H,13,14). The predicted molar refractivity (Wildman–Crippen MR) is 64.6 cm³/mol. The molecule has 0 amide bonds. The summed E-state index contributed by atoms with van der Waals surface area (Å²) in [5, 5.41) is 2.92. The second-order valence-electron chi connectivity index (χ2n) is 4.17. The predicted octanol–water partition coefficient (Wildman–Crippen LogP) is 1.75. The summed E-state index contributed by atoms with van der Waals surface area (Å²) in [7, 11) is 0. The van der Waals surface area contributed by atoms with Crippen LogP contribution < -0.4 is 5.32 Å². The van der Waals surface area contributed by atoms with Crippen LogP contribution in [0.25, 0.3) is 0 Å². The number of hydrogen-bond acceptors (Lipinski definition) is 4. The Balaban J connectivity index is 2.23. The molecule has 4 nitrogen and oxygen atoms in total. The van der Waals surface area contributed by atoms with E-state index in [-0.39, 0.29) is 5.97 Å². The summed E-state index contributed by atoms with van der Waals surface area (Å²) in [5.41, 5.74) is 0. The van der Waals surface area contributed by atoms with E-state index in [9.17, 15) is 4.79 Å². The topological polar surface area (TPSA) is 50.7 Å². The number of rotatable bonds is 7. The second-order valence-corrected chi connectivity index (χ2v) is 4.17. The van der Waals surface area contributed by atoms with Gasteiger partial charge in [0, 0.05) is 6.54 Å². The molecule has 1 N–H and O–H groups in total. The highest BCUT2D eigenvalue weighted by Crippen LogP contribution is 2.12. The van der Waals surface area contributed by atoms with Crippen molar-refractivity contribution in [2.75, 3.05) is 19.7 Å². The quantitative estimate of drug-likeness (QED) is 0.673. The summed E-state index contributed by atoms with van der Waals surface area (Å²) in [5.74, 6) is 0.587. The zero-order valence-corrected chi connectivity index (χ0v) is 10.3. The molecule has 92 valence electrons. The van der Waals surface area contributed by atoms with Gasteiger partial charge in [-0.2, -0.15) is 0 Å². The normalized spacial score (nSPS) is 16.5. The molecule has 0 bridgehead atoms. The number of carbonyl (C=O) groups is 1. The first-order chi connectivity index (χ1) is 7.77. The number of hydrogen-bond donors (Lipinski definition) is 1. The van der Waals surface area contributed by atoms with Gasteiger partial charge in [0.05, 0.1) is 13.2 Å². The summed E-state index contributed by atoms with van der Waals surface area (Å²) in [6, 6.07) is 0. The Labute approximate surface area is 97.5 Å². The number of esters is 1. The minimum Gasteiger partial charge on any atom is -0.460 e. The molecule has 0 saturated carbocycles. The average Bonchev–Trinajstić information content (AvgIpc) is 2.82. The van der Waals surface area contributed by atoms with Crippen LogP contribution in [0, 0.1) is 5.92 Å². The van der Waals surface area contributed by atoms with Crippen LogP contribution in [0.5, 0.6) is 0 Å². The van der Waals surface area contributed by atoms with E-state index < -0.39 is 0 Å². The van der Waals surface area contributed by atoms with Gasteiger partial charge < -0.3 is 10.1 Å². The highest BCUT2D eigenvalue weighted by Gasteiger charge is 2.17. The summed E-state index contributed by atoms with van der Waals surface area (Å²) in [6.07, 6.45) is 4.60. The summed E-state index contributed by atoms with van der Waals surface area (Å²) in [6.45, 7) is 6.26. The number of amidine groups is 1. The van der Waals surface area contributed by atoms with Crippen molar-refractivity contribution in [2.24, 2.45) is 10.9 Å². The third-order valence-corrected chi connectivity index (χ3v) is 2.86. The molecule has 4 heteroatoms. The third kappa shape index (κ3) is 4.21. The van der Waals surface area contributed by atoms with Crippen LogP contribution in [-0.2, 0) is 9.53 Å². The number of ether oxygens (including phenoxy) is 1. The summed E-state index contributed by atoms with van der Waals surface area (Å²) >= 11 is 0. The van der Waals surface area contributed by atoms with E-state index in [4.69, 9.17) is 4.74 Å². The molecule has 1 rings (SSSR count). The fourth-order valence-electron chi connectivity index (χ4n) is 1.69. The number of nitrogens with zero attached hydrogens (tertiary/aromatic N) is 1. The monoisotopic (exact) mass is 226 g/mol. The van der Waals surface area contributed by atoms with Gasteiger partial charge in [-0.05, 0) is 12.3 Å². The van der Waals surface area contributed by atoms with E-state index in [1.54, 1.807) is 0 Å². The Morgan fingerprint density at radius 2 is 2.38 bits per heavy atom. The fraction of sp³-hybridized carbons (Fsp3) is 0.833. The lowest BCUT2D eigenvalue weighted by Gasteiger charge is -2.14. The molecule has 0 radical (unpaired) electrons. The zero-order valence-electron chi connectivity index (χ0n) is 10.3. The van der Waals surface area contributed by atoms with Crippen LogP contribution in [-0.4, -0.2) is 31.5 Å². The molecule has 1 atom stereocenters. The smallest absolute Gasteiger partial charge is 0.373 e. The van der Waals surface area contributed by atoms with E-state index in [2.05, 4.69) is 24.2 Å². The number of nitrogens with one attached hydrogen (secondary N) is 1. The van der Waals surface area contributed by atoms with Gasteiger partial charge >= 0.3 is 5.97 Å². The Morgan fingerprint density at radius 3 is 2.94 bits per heavy atom. The van der Waals surface area contributed by atoms with Crippen LogP contribution >= 0.6 is 0 Å². The number of carbonyl (C=O) groups excluding carboxylic acids is 1. The van der Waals surface area contributed by atoms with E-state index in [0.29, 0.717) is 24.9 Å². The maximum absolute atomic E-state index is 11.5. The van der Waals surface area contributed by atoms with Crippen molar-refractivity contribution in [3.05, 3.63) is 0 Å². The highest BCUT2D eigenvalue weighted by molar-refractivity contribution is 6.35. The largest absolute Gasteiger partial charge is 0.460 e. The number of aliphatic imine (C=N–C) groups is 1. The van der Waals surface area contributed by atoms with Crippen LogP contribution in [0.3, 0.4) is 0 Å². The van der Waals surface area contributed by atoms with Crippen LogP contribution in [0.2, 0.25) is 0 Å². The third-order valence-electron chi connectivity index (χ3n) is 2.86. The van der Waals surface area contributed by atoms with Gasteiger partial charge in [0.25, 0.3) is 0 Å². The van der Waals surface area contributed by atoms with Gasteiger partial charge in [-0.25, -0.2) is 4.79 Å². The van der Waals surface area contributed by atoms with Crippen molar-refractivity contribution in [2.45, 2.75) is 39.5 Å².